The molecule has 1 rings (SSSR count). The fraction of sp³-hybridized carbons (Fsp3) is 0.818. The van der Waals surface area contributed by atoms with Crippen molar-refractivity contribution in [2.24, 2.45) is 5.92 Å². The van der Waals surface area contributed by atoms with Crippen molar-refractivity contribution in [3.63, 3.8) is 0 Å². The van der Waals surface area contributed by atoms with Gasteiger partial charge in [-0.2, -0.15) is 0 Å². The molecule has 1 atom stereocenters. The average Bonchev–Trinajstić information content (AvgIpc) is 2.79. The van der Waals surface area contributed by atoms with E-state index in [1.54, 1.807) is 19.0 Å². The summed E-state index contributed by atoms with van der Waals surface area (Å²) in [6.45, 7) is 4.29. The van der Waals surface area contributed by atoms with E-state index in [1.165, 1.54) is 4.90 Å². The van der Waals surface area contributed by atoms with Gasteiger partial charge in [0, 0.05) is 39.7 Å². The number of ether oxygens (including phenoxy) is 1. The van der Waals surface area contributed by atoms with Crippen LogP contribution in [0.2, 0.25) is 0 Å². The minimum Gasteiger partial charge on any atom is -0.381 e. The van der Waals surface area contributed by atoms with Gasteiger partial charge >= 0.3 is 5.95 Å². The highest BCUT2D eigenvalue weighted by Crippen LogP contribution is 2.20. The van der Waals surface area contributed by atoms with Gasteiger partial charge in [0.1, 0.15) is 0 Å². The molecule has 0 aliphatic carbocycles. The van der Waals surface area contributed by atoms with Crippen LogP contribution in [0, 0.1) is 16.0 Å². The molecule has 18 heavy (non-hydrogen) atoms. The van der Waals surface area contributed by atoms with Gasteiger partial charge in [-0.15, -0.1) is 4.39 Å². The maximum atomic E-state index is 13.6. The van der Waals surface area contributed by atoms with Gasteiger partial charge < -0.3 is 14.5 Å². The molecule has 1 heterocycles. The van der Waals surface area contributed by atoms with Crippen molar-refractivity contribution >= 4 is 0 Å². The van der Waals surface area contributed by atoms with E-state index >= 15 is 0 Å². The minimum atomic E-state index is -1.30. The predicted molar refractivity (Wildman–Crippen MR) is 65.0 cm³/mol. The van der Waals surface area contributed by atoms with Gasteiger partial charge in [0.15, 0.2) is 0 Å². The second-order valence-corrected chi connectivity index (χ2v) is 4.53. The lowest BCUT2D eigenvalue weighted by Crippen LogP contribution is -2.36. The van der Waals surface area contributed by atoms with Crippen molar-refractivity contribution in [3.8, 4) is 0 Å². The maximum Gasteiger partial charge on any atom is 0.460 e. The summed E-state index contributed by atoms with van der Waals surface area (Å²) in [5.74, 6) is -0.977. The second-order valence-electron chi connectivity index (χ2n) is 4.53. The third-order valence-corrected chi connectivity index (χ3v) is 2.95. The lowest BCUT2D eigenvalue weighted by molar-refractivity contribution is -0.450. The monoisotopic (exact) mass is 261 g/mol. The van der Waals surface area contributed by atoms with Crippen molar-refractivity contribution in [1.29, 1.82) is 0 Å². The van der Waals surface area contributed by atoms with Crippen LogP contribution in [0.1, 0.15) is 13.3 Å². The van der Waals surface area contributed by atoms with Gasteiger partial charge in [-0.05, 0) is 13.3 Å². The number of nitrogens with zero attached hydrogens (tertiary/aromatic N) is 3. The van der Waals surface area contributed by atoms with E-state index in [0.29, 0.717) is 32.2 Å². The maximum absolute atomic E-state index is 13.6. The molecule has 1 aliphatic rings. The summed E-state index contributed by atoms with van der Waals surface area (Å²) >= 11 is 0. The van der Waals surface area contributed by atoms with Gasteiger partial charge in [-0.3, -0.25) is 10.1 Å². The standard InChI is InChI=1S/C11H20FN3O3/c1-4-14(7-9-5-6-18-8-9)11(13(2)3)10(12)15(16)17/h9H,4-8H2,1-3H3. The zero-order chi connectivity index (χ0) is 13.7. The normalized spacial score (nSPS) is 20.6. The third-order valence-electron chi connectivity index (χ3n) is 2.95. The Balaban J connectivity index is 2.87. The van der Waals surface area contributed by atoms with E-state index < -0.39 is 10.9 Å². The average molecular weight is 261 g/mol. The summed E-state index contributed by atoms with van der Waals surface area (Å²) in [5, 5.41) is 10.6. The SMILES string of the molecule is CCN(CC1CCOC1)C(=C(F)[N+](=O)[O-])N(C)C. The van der Waals surface area contributed by atoms with E-state index in [9.17, 15) is 14.5 Å². The summed E-state index contributed by atoms with van der Waals surface area (Å²) in [5.41, 5.74) is 0. The van der Waals surface area contributed by atoms with Crippen LogP contribution in [0.15, 0.2) is 11.8 Å². The van der Waals surface area contributed by atoms with Crippen LogP contribution in [-0.2, 0) is 4.74 Å². The zero-order valence-electron chi connectivity index (χ0n) is 11.1. The first-order valence-corrected chi connectivity index (χ1v) is 6.01. The Morgan fingerprint density at radius 1 is 1.56 bits per heavy atom. The van der Waals surface area contributed by atoms with Crippen LogP contribution in [0.25, 0.3) is 0 Å². The van der Waals surface area contributed by atoms with Gasteiger partial charge in [0.2, 0.25) is 5.82 Å². The molecule has 0 saturated carbocycles. The van der Waals surface area contributed by atoms with Gasteiger partial charge in [0.05, 0.1) is 11.5 Å². The summed E-state index contributed by atoms with van der Waals surface area (Å²) in [6, 6.07) is 0. The molecule has 0 radical (unpaired) electrons. The van der Waals surface area contributed by atoms with Crippen molar-refractivity contribution in [1.82, 2.24) is 9.80 Å². The predicted octanol–water partition coefficient (Wildman–Crippen LogP) is 1.28. The first kappa shape index (κ1) is 14.7. The number of nitro groups is 1. The molecule has 0 aromatic heterocycles. The number of rotatable bonds is 6. The topological polar surface area (TPSA) is 58.9 Å². The fourth-order valence-corrected chi connectivity index (χ4v) is 2.08. The molecule has 0 amide bonds. The van der Waals surface area contributed by atoms with Gasteiger partial charge in [-0.1, -0.05) is 0 Å². The molecule has 1 unspecified atom stereocenters. The Hall–Kier alpha value is -1.37. The molecular formula is C11H20FN3O3. The molecule has 1 fully saturated rings. The third kappa shape index (κ3) is 3.56. The molecule has 0 aromatic rings. The van der Waals surface area contributed by atoms with Crippen LogP contribution in [0.5, 0.6) is 0 Å². The number of hydrogen-bond donors (Lipinski definition) is 0. The summed E-state index contributed by atoms with van der Waals surface area (Å²) in [6.07, 6.45) is 0.914. The van der Waals surface area contributed by atoms with Crippen LogP contribution < -0.4 is 0 Å². The molecule has 6 nitrogen and oxygen atoms in total. The number of hydrogen-bond acceptors (Lipinski definition) is 5. The molecule has 0 aromatic carbocycles. The summed E-state index contributed by atoms with van der Waals surface area (Å²) in [4.78, 5) is 12.7. The Labute approximate surface area is 106 Å². The lowest BCUT2D eigenvalue weighted by atomic mass is 10.1. The highest BCUT2D eigenvalue weighted by molar-refractivity contribution is 5.00. The van der Waals surface area contributed by atoms with Crippen LogP contribution in [0.4, 0.5) is 4.39 Å². The minimum absolute atomic E-state index is 0.0226. The van der Waals surface area contributed by atoms with Crippen molar-refractivity contribution < 1.29 is 14.1 Å². The lowest BCUT2D eigenvalue weighted by Gasteiger charge is -2.30. The molecule has 0 spiro atoms. The van der Waals surface area contributed by atoms with E-state index in [4.69, 9.17) is 4.74 Å². The van der Waals surface area contributed by atoms with Crippen molar-refractivity contribution in [3.05, 3.63) is 21.9 Å². The molecule has 7 heteroatoms. The number of halogens is 1. The molecular weight excluding hydrogens is 241 g/mol. The smallest absolute Gasteiger partial charge is 0.381 e. The molecule has 1 aliphatic heterocycles. The Bertz CT molecular complexity index is 327. The van der Waals surface area contributed by atoms with Crippen molar-refractivity contribution in [2.75, 3.05) is 40.4 Å². The van der Waals surface area contributed by atoms with E-state index in [2.05, 4.69) is 0 Å². The molecule has 1 saturated heterocycles. The van der Waals surface area contributed by atoms with E-state index in [0.717, 1.165) is 6.42 Å². The first-order valence-electron chi connectivity index (χ1n) is 6.01. The quantitative estimate of drug-likeness (QED) is 0.409. The molecule has 0 N–H and O–H groups in total. The van der Waals surface area contributed by atoms with E-state index in [1.807, 2.05) is 6.92 Å². The first-order chi connectivity index (χ1) is 8.47. The molecule has 0 bridgehead atoms. The van der Waals surface area contributed by atoms with Gasteiger partial charge in [-0.25, -0.2) is 0 Å². The zero-order valence-corrected chi connectivity index (χ0v) is 11.1. The van der Waals surface area contributed by atoms with Crippen LogP contribution in [-0.4, -0.2) is 55.1 Å². The van der Waals surface area contributed by atoms with Gasteiger partial charge in [0.25, 0.3) is 0 Å². The summed E-state index contributed by atoms with van der Waals surface area (Å²) in [7, 11) is 3.21. The summed E-state index contributed by atoms with van der Waals surface area (Å²) < 4.78 is 18.9. The largest absolute Gasteiger partial charge is 0.460 e. The Kier molecular flexibility index (Phi) is 5.33. The van der Waals surface area contributed by atoms with Crippen LogP contribution in [0.3, 0.4) is 0 Å². The highest BCUT2D eigenvalue weighted by atomic mass is 19.1. The Morgan fingerprint density at radius 2 is 2.22 bits per heavy atom. The molecule has 104 valence electrons. The van der Waals surface area contributed by atoms with Crippen LogP contribution >= 0.6 is 0 Å². The van der Waals surface area contributed by atoms with E-state index in [-0.39, 0.29) is 5.82 Å². The Morgan fingerprint density at radius 3 is 2.61 bits per heavy atom. The second kappa shape index (κ2) is 6.53. The fourth-order valence-electron chi connectivity index (χ4n) is 2.08. The van der Waals surface area contributed by atoms with Crippen molar-refractivity contribution in [2.45, 2.75) is 13.3 Å². The highest BCUT2D eigenvalue weighted by Gasteiger charge is 2.28.